The fourth-order valence-corrected chi connectivity index (χ4v) is 5.73. The van der Waals surface area contributed by atoms with E-state index in [0.717, 1.165) is 5.56 Å². The van der Waals surface area contributed by atoms with Crippen molar-refractivity contribution in [2.75, 3.05) is 11.8 Å². The summed E-state index contributed by atoms with van der Waals surface area (Å²) in [6.45, 7) is 13.4. The molecule has 0 aliphatic rings. The number of hydrogen-bond donors (Lipinski definition) is 1. The lowest BCUT2D eigenvalue weighted by Gasteiger charge is -2.30. The summed E-state index contributed by atoms with van der Waals surface area (Å²) in [7, 11) is -6.56. The zero-order valence-corrected chi connectivity index (χ0v) is 24.2. The van der Waals surface area contributed by atoms with Crippen LogP contribution in [0.4, 0.5) is 5.69 Å². The number of aryl methyl sites for hydroxylation is 1. The molecule has 3 aromatic rings. The van der Waals surface area contributed by atoms with Crippen molar-refractivity contribution in [2.24, 2.45) is 0 Å². The molecule has 0 spiro atoms. The molecular weight excluding hydrogens is 510 g/mol. The van der Waals surface area contributed by atoms with Crippen LogP contribution in [-0.2, 0) is 31.0 Å². The third-order valence-electron chi connectivity index (χ3n) is 5.83. The second-order valence-electron chi connectivity index (χ2n) is 11.0. The first-order chi connectivity index (χ1) is 16.9. The number of ether oxygens (including phenoxy) is 1. The molecular formula is C28H35NO6S2. The summed E-state index contributed by atoms with van der Waals surface area (Å²) in [4.78, 5) is 0.118. The maximum absolute atomic E-state index is 13.3. The minimum absolute atomic E-state index is 0.0436. The number of sulfonamides is 1. The normalized spacial score (nSPS) is 12.8. The van der Waals surface area contributed by atoms with Crippen LogP contribution in [0.25, 0.3) is 0 Å². The van der Waals surface area contributed by atoms with Crippen LogP contribution in [-0.4, -0.2) is 23.9 Å². The Kier molecular flexibility index (Phi) is 7.73. The Morgan fingerprint density at radius 3 is 1.59 bits per heavy atom. The molecule has 0 unspecified atom stereocenters. The Bertz CT molecular complexity index is 1440. The van der Waals surface area contributed by atoms with Crippen molar-refractivity contribution in [3.05, 3.63) is 77.4 Å². The maximum atomic E-state index is 13.3. The number of hydrogen-bond acceptors (Lipinski definition) is 6. The average Bonchev–Trinajstić information content (AvgIpc) is 2.78. The summed E-state index contributed by atoms with van der Waals surface area (Å²) >= 11 is 0. The molecule has 9 heteroatoms. The molecule has 0 aliphatic carbocycles. The Morgan fingerprint density at radius 1 is 0.703 bits per heavy atom. The van der Waals surface area contributed by atoms with Gasteiger partial charge in [0.05, 0.1) is 12.0 Å². The van der Waals surface area contributed by atoms with Crippen LogP contribution in [0.2, 0.25) is 0 Å². The predicted octanol–water partition coefficient (Wildman–Crippen LogP) is 6.17. The minimum Gasteiger partial charge on any atom is -0.497 e. The second-order valence-corrected chi connectivity index (χ2v) is 14.3. The fraction of sp³-hybridized carbons (Fsp3) is 0.357. The molecule has 7 nitrogen and oxygen atoms in total. The van der Waals surface area contributed by atoms with E-state index in [1.165, 1.54) is 31.4 Å². The molecule has 0 saturated carbocycles. The lowest BCUT2D eigenvalue weighted by atomic mass is 9.79. The number of nitrogens with one attached hydrogen (secondary N) is 1. The number of anilines is 1. The highest BCUT2D eigenvalue weighted by atomic mass is 32.2. The van der Waals surface area contributed by atoms with Gasteiger partial charge in [-0.25, -0.2) is 8.42 Å². The van der Waals surface area contributed by atoms with Gasteiger partial charge in [0.25, 0.3) is 10.0 Å². The molecule has 0 atom stereocenters. The molecule has 0 radical (unpaired) electrons. The van der Waals surface area contributed by atoms with E-state index in [9.17, 15) is 16.8 Å². The van der Waals surface area contributed by atoms with Crippen molar-refractivity contribution >= 4 is 25.8 Å². The molecule has 0 aliphatic heterocycles. The highest BCUT2D eigenvalue weighted by Crippen LogP contribution is 2.43. The highest BCUT2D eigenvalue weighted by Gasteiger charge is 2.32. The molecule has 0 aromatic heterocycles. The van der Waals surface area contributed by atoms with Crippen LogP contribution in [0.5, 0.6) is 11.5 Å². The van der Waals surface area contributed by atoms with Crippen molar-refractivity contribution in [3.63, 3.8) is 0 Å². The van der Waals surface area contributed by atoms with Crippen molar-refractivity contribution < 1.29 is 25.8 Å². The number of methoxy groups -OCH3 is 1. The first kappa shape index (κ1) is 28.5. The van der Waals surface area contributed by atoms with Gasteiger partial charge >= 0.3 is 10.1 Å². The van der Waals surface area contributed by atoms with Gasteiger partial charge in [0.15, 0.2) is 5.75 Å². The van der Waals surface area contributed by atoms with Gasteiger partial charge in [-0.3, -0.25) is 4.72 Å². The molecule has 1 N–H and O–H groups in total. The molecule has 0 bridgehead atoms. The van der Waals surface area contributed by atoms with Gasteiger partial charge in [0.1, 0.15) is 10.6 Å². The summed E-state index contributed by atoms with van der Waals surface area (Å²) in [5.74, 6) is 0.744. The third-order valence-corrected chi connectivity index (χ3v) is 8.46. The van der Waals surface area contributed by atoms with E-state index in [2.05, 4.69) is 4.72 Å². The molecule has 0 heterocycles. The quantitative estimate of drug-likeness (QED) is 0.357. The van der Waals surface area contributed by atoms with Crippen LogP contribution in [0, 0.1) is 6.92 Å². The second kappa shape index (κ2) is 10.0. The largest absolute Gasteiger partial charge is 0.497 e. The van der Waals surface area contributed by atoms with Gasteiger partial charge in [0, 0.05) is 16.8 Å². The van der Waals surface area contributed by atoms with Gasteiger partial charge in [0.2, 0.25) is 0 Å². The van der Waals surface area contributed by atoms with Gasteiger partial charge < -0.3 is 8.92 Å². The molecule has 200 valence electrons. The smallest absolute Gasteiger partial charge is 0.339 e. The topological polar surface area (TPSA) is 98.8 Å². The lowest BCUT2D eigenvalue weighted by molar-refractivity contribution is 0.414. The van der Waals surface area contributed by atoms with Gasteiger partial charge in [-0.15, -0.1) is 0 Å². The third kappa shape index (κ3) is 6.64. The van der Waals surface area contributed by atoms with E-state index in [-0.39, 0.29) is 15.5 Å². The van der Waals surface area contributed by atoms with Crippen molar-refractivity contribution in [1.29, 1.82) is 0 Å². The van der Waals surface area contributed by atoms with Crippen LogP contribution in [0.3, 0.4) is 0 Å². The molecule has 3 aromatic carbocycles. The van der Waals surface area contributed by atoms with Crippen molar-refractivity contribution in [2.45, 2.75) is 69.1 Å². The fourth-order valence-electron chi connectivity index (χ4n) is 3.72. The summed E-state index contributed by atoms with van der Waals surface area (Å²) in [5.41, 5.74) is 1.22. The van der Waals surface area contributed by atoms with Gasteiger partial charge in [-0.05, 0) is 66.3 Å². The van der Waals surface area contributed by atoms with E-state index in [1.54, 1.807) is 36.4 Å². The minimum atomic E-state index is -4.14. The van der Waals surface area contributed by atoms with Crippen LogP contribution < -0.4 is 13.6 Å². The Hall–Kier alpha value is -3.04. The summed E-state index contributed by atoms with van der Waals surface area (Å²) in [6.07, 6.45) is 0. The molecule has 0 saturated heterocycles. The number of rotatable bonds is 7. The molecule has 0 amide bonds. The van der Waals surface area contributed by atoms with Crippen LogP contribution >= 0.6 is 0 Å². The molecule has 37 heavy (non-hydrogen) atoms. The Labute approximate surface area is 221 Å². The van der Waals surface area contributed by atoms with Crippen molar-refractivity contribution in [3.8, 4) is 11.5 Å². The van der Waals surface area contributed by atoms with E-state index in [0.29, 0.717) is 22.6 Å². The predicted molar refractivity (Wildman–Crippen MR) is 147 cm³/mol. The van der Waals surface area contributed by atoms with Gasteiger partial charge in [-0.1, -0.05) is 59.2 Å². The monoisotopic (exact) mass is 545 g/mol. The van der Waals surface area contributed by atoms with E-state index in [4.69, 9.17) is 8.92 Å². The van der Waals surface area contributed by atoms with E-state index < -0.39 is 31.0 Å². The number of benzene rings is 3. The summed E-state index contributed by atoms with van der Waals surface area (Å²) in [6, 6.07) is 15.8. The van der Waals surface area contributed by atoms with E-state index in [1.807, 2.05) is 48.5 Å². The lowest BCUT2D eigenvalue weighted by Crippen LogP contribution is -2.23. The molecule has 0 fully saturated rings. The first-order valence-electron chi connectivity index (χ1n) is 11.8. The molecule has 3 rings (SSSR count). The Morgan fingerprint density at radius 2 is 1.16 bits per heavy atom. The zero-order valence-electron chi connectivity index (χ0n) is 22.5. The van der Waals surface area contributed by atoms with Gasteiger partial charge in [-0.2, -0.15) is 8.42 Å². The summed E-state index contributed by atoms with van der Waals surface area (Å²) in [5, 5.41) is 0. The maximum Gasteiger partial charge on any atom is 0.339 e. The van der Waals surface area contributed by atoms with E-state index >= 15 is 0 Å². The highest BCUT2D eigenvalue weighted by molar-refractivity contribution is 7.92. The zero-order chi connectivity index (χ0) is 27.8. The van der Waals surface area contributed by atoms with Crippen LogP contribution in [0.15, 0.2) is 70.5 Å². The first-order valence-corrected chi connectivity index (χ1v) is 14.7. The van der Waals surface area contributed by atoms with Crippen molar-refractivity contribution in [1.82, 2.24) is 0 Å². The standard InChI is InChI=1S/C28H35NO6S2/c1-19-9-13-23(14-10-19)37(32,33)35-26-24(27(2,3)4)17-20(18-25(26)28(5,6)7)29-36(30,31)22-15-11-21(34-8)12-16-22/h9-18,29H,1-8H3. The SMILES string of the molecule is COc1ccc(S(=O)(=O)Nc2cc(C(C)(C)C)c(OS(=O)(=O)c3ccc(C)cc3)c(C(C)(C)C)c2)cc1. The van der Waals surface area contributed by atoms with Crippen LogP contribution in [0.1, 0.15) is 58.2 Å². The summed E-state index contributed by atoms with van der Waals surface area (Å²) < 4.78 is 66.5. The average molecular weight is 546 g/mol. The Balaban J connectivity index is 2.16.